The number of ether oxygens (including phenoxy) is 2. The molecular formula is C33H35ClFN3O2. The summed E-state index contributed by atoms with van der Waals surface area (Å²) in [5.74, 6) is 1.30. The van der Waals surface area contributed by atoms with E-state index in [4.69, 9.17) is 26.1 Å². The highest BCUT2D eigenvalue weighted by atomic mass is 35.5. The number of rotatable bonds is 12. The molecule has 0 bridgehead atoms. The number of hydrogen-bond acceptors (Lipinski definition) is 5. The predicted molar refractivity (Wildman–Crippen MR) is 159 cm³/mol. The SMILES string of the molecule is Fc1cccc(CN(CCCOc2cccc(N3CCOCC3)n2)CC(c2ccccc2)c2ccccc2)c1Cl. The molecule has 1 aliphatic rings. The van der Waals surface area contributed by atoms with Crippen LogP contribution in [0.5, 0.6) is 5.88 Å². The second-order valence-electron chi connectivity index (χ2n) is 9.96. The van der Waals surface area contributed by atoms with Gasteiger partial charge in [0.15, 0.2) is 0 Å². The smallest absolute Gasteiger partial charge is 0.215 e. The third-order valence-corrected chi connectivity index (χ3v) is 7.61. The lowest BCUT2D eigenvalue weighted by Crippen LogP contribution is -2.36. The Morgan fingerprint density at radius 2 is 1.55 bits per heavy atom. The summed E-state index contributed by atoms with van der Waals surface area (Å²) < 4.78 is 25.8. The highest BCUT2D eigenvalue weighted by molar-refractivity contribution is 6.31. The first-order chi connectivity index (χ1) is 19.7. The number of morpholine rings is 1. The van der Waals surface area contributed by atoms with Crippen molar-refractivity contribution in [1.29, 1.82) is 0 Å². The maximum Gasteiger partial charge on any atom is 0.215 e. The monoisotopic (exact) mass is 559 g/mol. The number of benzene rings is 3. The number of aromatic nitrogens is 1. The molecule has 5 nitrogen and oxygen atoms in total. The third kappa shape index (κ3) is 7.60. The molecule has 0 aliphatic carbocycles. The number of hydrogen-bond donors (Lipinski definition) is 0. The summed E-state index contributed by atoms with van der Waals surface area (Å²) >= 11 is 6.38. The van der Waals surface area contributed by atoms with Crippen molar-refractivity contribution in [2.24, 2.45) is 0 Å². The Morgan fingerprint density at radius 3 is 2.25 bits per heavy atom. The zero-order chi connectivity index (χ0) is 27.6. The van der Waals surface area contributed by atoms with E-state index in [1.807, 2.05) is 36.4 Å². The predicted octanol–water partition coefficient (Wildman–Crippen LogP) is 6.81. The van der Waals surface area contributed by atoms with Gasteiger partial charge in [-0.15, -0.1) is 0 Å². The Balaban J connectivity index is 1.29. The van der Waals surface area contributed by atoms with Crippen LogP contribution < -0.4 is 9.64 Å². The Morgan fingerprint density at radius 1 is 0.875 bits per heavy atom. The number of pyridine rings is 1. The lowest BCUT2D eigenvalue weighted by Gasteiger charge is -2.29. The summed E-state index contributed by atoms with van der Waals surface area (Å²) in [4.78, 5) is 9.26. The molecule has 40 heavy (non-hydrogen) atoms. The second-order valence-corrected chi connectivity index (χ2v) is 10.3. The van der Waals surface area contributed by atoms with Crippen LogP contribution in [0.2, 0.25) is 5.02 Å². The van der Waals surface area contributed by atoms with Crippen molar-refractivity contribution >= 4 is 17.4 Å². The van der Waals surface area contributed by atoms with Crippen molar-refractivity contribution in [2.75, 3.05) is 50.9 Å². The van der Waals surface area contributed by atoms with Crippen LogP contribution in [0.3, 0.4) is 0 Å². The zero-order valence-electron chi connectivity index (χ0n) is 22.6. The molecule has 0 saturated carbocycles. The second kappa shape index (κ2) is 14.3. The minimum atomic E-state index is -0.392. The normalized spacial score (nSPS) is 13.7. The van der Waals surface area contributed by atoms with Gasteiger partial charge in [-0.05, 0) is 35.2 Å². The molecular weight excluding hydrogens is 525 g/mol. The molecule has 0 radical (unpaired) electrons. The van der Waals surface area contributed by atoms with Gasteiger partial charge < -0.3 is 14.4 Å². The Kier molecular flexibility index (Phi) is 10.0. The van der Waals surface area contributed by atoms with Crippen molar-refractivity contribution in [3.8, 4) is 5.88 Å². The summed E-state index contributed by atoms with van der Waals surface area (Å²) in [6, 6.07) is 32.0. The minimum absolute atomic E-state index is 0.155. The molecule has 1 aromatic heterocycles. The lowest BCUT2D eigenvalue weighted by atomic mass is 9.90. The molecule has 0 atom stereocenters. The van der Waals surface area contributed by atoms with Crippen molar-refractivity contribution in [2.45, 2.75) is 18.9 Å². The van der Waals surface area contributed by atoms with Crippen molar-refractivity contribution in [1.82, 2.24) is 9.88 Å². The Hall–Kier alpha value is -3.45. The van der Waals surface area contributed by atoms with Crippen molar-refractivity contribution in [3.05, 3.63) is 125 Å². The summed E-state index contributed by atoms with van der Waals surface area (Å²) in [6.45, 7) is 5.66. The van der Waals surface area contributed by atoms with Crippen LogP contribution in [0.15, 0.2) is 97.1 Å². The van der Waals surface area contributed by atoms with E-state index in [1.54, 1.807) is 6.07 Å². The van der Waals surface area contributed by atoms with E-state index in [0.717, 1.165) is 44.0 Å². The largest absolute Gasteiger partial charge is 0.478 e. The lowest BCUT2D eigenvalue weighted by molar-refractivity contribution is 0.122. The molecule has 5 rings (SSSR count). The van der Waals surface area contributed by atoms with Crippen LogP contribution in [-0.2, 0) is 11.3 Å². The fourth-order valence-electron chi connectivity index (χ4n) is 5.10. The molecule has 7 heteroatoms. The number of anilines is 1. The standard InChI is InChI=1S/C33H35ClFN3O2/c34-33-28(14-7-15-30(33)35)24-37(25-29(26-10-3-1-4-11-26)27-12-5-2-6-13-27)18-9-21-40-32-17-8-16-31(36-32)38-19-22-39-23-20-38/h1-8,10-17,29H,9,18-25H2. The van der Waals surface area contributed by atoms with E-state index >= 15 is 0 Å². The molecule has 0 unspecified atom stereocenters. The fourth-order valence-corrected chi connectivity index (χ4v) is 5.28. The topological polar surface area (TPSA) is 37.8 Å². The van der Waals surface area contributed by atoms with E-state index in [-0.39, 0.29) is 10.9 Å². The first-order valence-electron chi connectivity index (χ1n) is 13.8. The van der Waals surface area contributed by atoms with Gasteiger partial charge in [0, 0.05) is 44.7 Å². The molecule has 3 aromatic carbocycles. The summed E-state index contributed by atoms with van der Waals surface area (Å²) in [5, 5.41) is 0.184. The van der Waals surface area contributed by atoms with E-state index in [0.29, 0.717) is 32.2 Å². The zero-order valence-corrected chi connectivity index (χ0v) is 23.3. The first-order valence-corrected chi connectivity index (χ1v) is 14.2. The molecule has 0 amide bonds. The van der Waals surface area contributed by atoms with Crippen LogP contribution in [0.4, 0.5) is 10.2 Å². The van der Waals surface area contributed by atoms with E-state index in [9.17, 15) is 4.39 Å². The van der Waals surface area contributed by atoms with E-state index in [2.05, 4.69) is 58.3 Å². The van der Waals surface area contributed by atoms with Crippen LogP contribution in [0, 0.1) is 5.82 Å². The van der Waals surface area contributed by atoms with Gasteiger partial charge in [-0.1, -0.05) is 90.5 Å². The maximum absolute atomic E-state index is 14.3. The quantitative estimate of drug-likeness (QED) is 0.178. The maximum atomic E-state index is 14.3. The molecule has 0 spiro atoms. The summed E-state index contributed by atoms with van der Waals surface area (Å²) in [6.07, 6.45) is 0.784. The third-order valence-electron chi connectivity index (χ3n) is 7.18. The van der Waals surface area contributed by atoms with E-state index < -0.39 is 5.82 Å². The van der Waals surface area contributed by atoms with Crippen LogP contribution in [0.25, 0.3) is 0 Å². The fraction of sp³-hybridized carbons (Fsp3) is 0.303. The first kappa shape index (κ1) is 28.1. The molecule has 4 aromatic rings. The van der Waals surface area contributed by atoms with Gasteiger partial charge in [0.25, 0.3) is 0 Å². The highest BCUT2D eigenvalue weighted by Gasteiger charge is 2.20. The van der Waals surface area contributed by atoms with Crippen molar-refractivity contribution < 1.29 is 13.9 Å². The number of nitrogens with zero attached hydrogens (tertiary/aromatic N) is 3. The average Bonchev–Trinajstić information content (AvgIpc) is 3.01. The molecule has 208 valence electrons. The van der Waals surface area contributed by atoms with Gasteiger partial charge in [0.05, 0.1) is 24.8 Å². The summed E-state index contributed by atoms with van der Waals surface area (Å²) in [7, 11) is 0. The Labute approximate surface area is 241 Å². The minimum Gasteiger partial charge on any atom is -0.478 e. The molecule has 1 fully saturated rings. The highest BCUT2D eigenvalue weighted by Crippen LogP contribution is 2.28. The van der Waals surface area contributed by atoms with Crippen LogP contribution in [0.1, 0.15) is 29.0 Å². The molecule has 2 heterocycles. The van der Waals surface area contributed by atoms with Gasteiger partial charge in [0.1, 0.15) is 11.6 Å². The molecule has 0 N–H and O–H groups in total. The van der Waals surface area contributed by atoms with Gasteiger partial charge in [-0.3, -0.25) is 4.90 Å². The van der Waals surface area contributed by atoms with Gasteiger partial charge in [0.2, 0.25) is 5.88 Å². The van der Waals surface area contributed by atoms with E-state index in [1.165, 1.54) is 17.2 Å². The van der Waals surface area contributed by atoms with Crippen LogP contribution >= 0.6 is 11.6 Å². The molecule has 1 aliphatic heterocycles. The molecule has 1 saturated heterocycles. The van der Waals surface area contributed by atoms with Gasteiger partial charge >= 0.3 is 0 Å². The van der Waals surface area contributed by atoms with Gasteiger partial charge in [-0.2, -0.15) is 4.98 Å². The Bertz CT molecular complexity index is 1300. The van der Waals surface area contributed by atoms with Crippen molar-refractivity contribution in [3.63, 3.8) is 0 Å². The van der Waals surface area contributed by atoms with Gasteiger partial charge in [-0.25, -0.2) is 4.39 Å². The van der Waals surface area contributed by atoms with Crippen LogP contribution in [-0.4, -0.2) is 55.9 Å². The average molecular weight is 560 g/mol. The number of halogens is 2. The summed E-state index contributed by atoms with van der Waals surface area (Å²) in [5.41, 5.74) is 3.26.